The van der Waals surface area contributed by atoms with Crippen molar-refractivity contribution in [2.24, 2.45) is 17.8 Å². The van der Waals surface area contributed by atoms with Gasteiger partial charge in [0.05, 0.1) is 16.8 Å². The monoisotopic (exact) mass is 434 g/mol. The molecule has 6 nitrogen and oxygen atoms in total. The van der Waals surface area contributed by atoms with Crippen molar-refractivity contribution in [3.63, 3.8) is 0 Å². The minimum Gasteiger partial charge on any atom is -0.353 e. The molecular formula is C24H26N4O2S. The first-order chi connectivity index (χ1) is 15.1. The van der Waals surface area contributed by atoms with E-state index >= 15 is 0 Å². The first-order valence-corrected chi connectivity index (χ1v) is 11.9. The summed E-state index contributed by atoms with van der Waals surface area (Å²) >= 11 is 1.28. The van der Waals surface area contributed by atoms with E-state index in [0.29, 0.717) is 22.1 Å². The Balaban J connectivity index is 1.36. The smallest absolute Gasteiger partial charge is 0.268 e. The van der Waals surface area contributed by atoms with Gasteiger partial charge in [-0.25, -0.2) is 9.97 Å². The number of aromatic nitrogens is 3. The van der Waals surface area contributed by atoms with Gasteiger partial charge in [-0.05, 0) is 68.2 Å². The number of benzene rings is 1. The number of para-hydroxylation sites is 1. The number of thioether (sulfide) groups is 1. The van der Waals surface area contributed by atoms with Crippen LogP contribution in [0.2, 0.25) is 0 Å². The number of nitrogens with zero attached hydrogens (tertiary/aromatic N) is 3. The van der Waals surface area contributed by atoms with Gasteiger partial charge in [-0.2, -0.15) is 0 Å². The summed E-state index contributed by atoms with van der Waals surface area (Å²) in [6.45, 7) is 2.13. The lowest BCUT2D eigenvalue weighted by atomic mass is 9.84. The molecule has 5 rings (SSSR count). The third kappa shape index (κ3) is 3.99. The van der Waals surface area contributed by atoms with Crippen molar-refractivity contribution in [3.05, 3.63) is 59.0 Å². The number of pyridine rings is 1. The molecule has 0 aliphatic heterocycles. The molecule has 1 N–H and O–H groups in total. The van der Waals surface area contributed by atoms with Gasteiger partial charge in [0.1, 0.15) is 0 Å². The first kappa shape index (κ1) is 20.2. The molecular weight excluding hydrogens is 408 g/mol. The number of amides is 1. The van der Waals surface area contributed by atoms with Gasteiger partial charge in [0.15, 0.2) is 10.8 Å². The Morgan fingerprint density at radius 3 is 2.77 bits per heavy atom. The van der Waals surface area contributed by atoms with E-state index in [4.69, 9.17) is 0 Å². The number of hydrogen-bond donors (Lipinski definition) is 1. The fourth-order valence-electron chi connectivity index (χ4n) is 5.34. The molecule has 7 heteroatoms. The summed E-state index contributed by atoms with van der Waals surface area (Å²) < 4.78 is 1.57. The van der Waals surface area contributed by atoms with Gasteiger partial charge in [-0.3, -0.25) is 14.2 Å². The highest BCUT2D eigenvalue weighted by atomic mass is 32.2. The lowest BCUT2D eigenvalue weighted by Gasteiger charge is -2.28. The molecule has 2 heterocycles. The molecule has 0 saturated heterocycles. The fourth-order valence-corrected chi connectivity index (χ4v) is 6.15. The maximum absolute atomic E-state index is 13.2. The summed E-state index contributed by atoms with van der Waals surface area (Å²) in [7, 11) is 0. The highest BCUT2D eigenvalue weighted by molar-refractivity contribution is 7.99. The van der Waals surface area contributed by atoms with Crippen molar-refractivity contribution in [3.8, 4) is 5.69 Å². The van der Waals surface area contributed by atoms with E-state index in [1.807, 2.05) is 30.3 Å². The second kappa shape index (κ2) is 8.46. The SMILES string of the molecule is CC(NC(=O)CSc1nc2ncccc2c(=O)n1-c1ccccc1)C1CC2CCC1C2. The molecule has 2 aliphatic rings. The molecule has 4 unspecified atom stereocenters. The first-order valence-electron chi connectivity index (χ1n) is 11.0. The van der Waals surface area contributed by atoms with Gasteiger partial charge >= 0.3 is 0 Å². The third-order valence-electron chi connectivity index (χ3n) is 6.78. The van der Waals surface area contributed by atoms with Crippen molar-refractivity contribution in [1.82, 2.24) is 19.9 Å². The Bertz CT molecular complexity index is 1160. The quantitative estimate of drug-likeness (QED) is 0.472. The van der Waals surface area contributed by atoms with Crippen LogP contribution in [0.1, 0.15) is 32.6 Å². The fraction of sp³-hybridized carbons (Fsp3) is 0.417. The van der Waals surface area contributed by atoms with E-state index in [-0.39, 0.29) is 23.3 Å². The van der Waals surface area contributed by atoms with Crippen molar-refractivity contribution in [1.29, 1.82) is 0 Å². The summed E-state index contributed by atoms with van der Waals surface area (Å²) in [5.41, 5.74) is 0.949. The van der Waals surface area contributed by atoms with Crippen LogP contribution in [0.4, 0.5) is 0 Å². The number of fused-ring (bicyclic) bond motifs is 3. The summed E-state index contributed by atoms with van der Waals surface area (Å²) in [6, 6.07) is 13.1. The summed E-state index contributed by atoms with van der Waals surface area (Å²) in [6.07, 6.45) is 6.86. The Morgan fingerprint density at radius 2 is 2.03 bits per heavy atom. The summed E-state index contributed by atoms with van der Waals surface area (Å²) in [4.78, 5) is 34.8. The molecule has 4 atom stereocenters. The Labute approximate surface area is 185 Å². The topological polar surface area (TPSA) is 76.9 Å². The molecule has 3 aromatic rings. The zero-order chi connectivity index (χ0) is 21.4. The van der Waals surface area contributed by atoms with E-state index in [9.17, 15) is 9.59 Å². The molecule has 2 saturated carbocycles. The van der Waals surface area contributed by atoms with Gasteiger partial charge in [0.25, 0.3) is 5.56 Å². The van der Waals surface area contributed by atoms with E-state index < -0.39 is 0 Å². The van der Waals surface area contributed by atoms with Crippen LogP contribution < -0.4 is 10.9 Å². The number of carbonyl (C=O) groups excluding carboxylic acids is 1. The Kier molecular flexibility index (Phi) is 5.52. The maximum Gasteiger partial charge on any atom is 0.268 e. The Morgan fingerprint density at radius 1 is 1.19 bits per heavy atom. The Hall–Kier alpha value is -2.67. The molecule has 160 valence electrons. The molecule has 2 aliphatic carbocycles. The molecule has 2 aromatic heterocycles. The average Bonchev–Trinajstić information content (AvgIpc) is 3.42. The normalized spacial score (nSPS) is 23.2. The second-order valence-electron chi connectivity index (χ2n) is 8.73. The number of hydrogen-bond acceptors (Lipinski definition) is 5. The molecule has 2 fully saturated rings. The van der Waals surface area contributed by atoms with E-state index in [2.05, 4.69) is 22.2 Å². The van der Waals surface area contributed by atoms with Crippen LogP contribution in [-0.4, -0.2) is 32.2 Å². The van der Waals surface area contributed by atoms with Crippen molar-refractivity contribution < 1.29 is 4.79 Å². The van der Waals surface area contributed by atoms with Crippen LogP contribution in [0, 0.1) is 17.8 Å². The second-order valence-corrected chi connectivity index (χ2v) is 9.67. The molecule has 0 radical (unpaired) electrons. The maximum atomic E-state index is 13.2. The third-order valence-corrected chi connectivity index (χ3v) is 7.72. The van der Waals surface area contributed by atoms with Crippen LogP contribution in [0.3, 0.4) is 0 Å². The van der Waals surface area contributed by atoms with Gasteiger partial charge in [0, 0.05) is 12.2 Å². The van der Waals surface area contributed by atoms with Gasteiger partial charge < -0.3 is 5.32 Å². The minimum absolute atomic E-state index is 0.0183. The van der Waals surface area contributed by atoms with Crippen LogP contribution in [0.25, 0.3) is 16.7 Å². The van der Waals surface area contributed by atoms with Gasteiger partial charge in [-0.15, -0.1) is 0 Å². The largest absolute Gasteiger partial charge is 0.353 e. The zero-order valence-corrected chi connectivity index (χ0v) is 18.3. The van der Waals surface area contributed by atoms with E-state index in [1.54, 1.807) is 22.9 Å². The van der Waals surface area contributed by atoms with Gasteiger partial charge in [0.2, 0.25) is 5.91 Å². The molecule has 0 spiro atoms. The zero-order valence-electron chi connectivity index (χ0n) is 17.5. The highest BCUT2D eigenvalue weighted by Gasteiger charge is 2.42. The predicted molar refractivity (Wildman–Crippen MR) is 122 cm³/mol. The molecule has 1 amide bonds. The van der Waals surface area contributed by atoms with E-state index in [0.717, 1.165) is 17.5 Å². The average molecular weight is 435 g/mol. The van der Waals surface area contributed by atoms with E-state index in [1.165, 1.54) is 37.4 Å². The van der Waals surface area contributed by atoms with Crippen molar-refractivity contribution >= 4 is 28.7 Å². The predicted octanol–water partition coefficient (Wildman–Crippen LogP) is 3.81. The summed E-state index contributed by atoms with van der Waals surface area (Å²) in [5, 5.41) is 4.14. The standard InChI is InChI=1S/C24H26N4O2S/c1-15(20-13-16-9-10-17(20)12-16)26-21(29)14-31-24-27-22-19(8-5-11-25-22)23(30)28(24)18-6-3-2-4-7-18/h2-8,11,15-17,20H,9-10,12-14H2,1H3,(H,26,29). The number of rotatable bonds is 6. The molecule has 1 aromatic carbocycles. The van der Waals surface area contributed by atoms with Crippen molar-refractivity contribution in [2.45, 2.75) is 43.8 Å². The highest BCUT2D eigenvalue weighted by Crippen LogP contribution is 2.49. The summed E-state index contributed by atoms with van der Waals surface area (Å²) in [5.74, 6) is 2.42. The van der Waals surface area contributed by atoms with Gasteiger partial charge in [-0.1, -0.05) is 36.4 Å². The van der Waals surface area contributed by atoms with Crippen LogP contribution in [0.15, 0.2) is 58.6 Å². The van der Waals surface area contributed by atoms with Crippen molar-refractivity contribution in [2.75, 3.05) is 5.75 Å². The number of nitrogens with one attached hydrogen (secondary N) is 1. The minimum atomic E-state index is -0.178. The molecule has 31 heavy (non-hydrogen) atoms. The van der Waals surface area contributed by atoms with Crippen LogP contribution in [0.5, 0.6) is 0 Å². The lowest BCUT2D eigenvalue weighted by Crippen LogP contribution is -2.41. The van der Waals surface area contributed by atoms with Crippen LogP contribution in [-0.2, 0) is 4.79 Å². The molecule has 2 bridgehead atoms. The lowest BCUT2D eigenvalue weighted by molar-refractivity contribution is -0.119. The van der Waals surface area contributed by atoms with Crippen LogP contribution >= 0.6 is 11.8 Å². The number of carbonyl (C=O) groups is 1.